The molecule has 9 heterocycles. The number of piperazine rings is 1. The number of allylic oxidation sites excluding steroid dienone is 6. The Balaban J connectivity index is 0.535. The number of esters is 1. The van der Waals surface area contributed by atoms with E-state index < -0.39 is 83.7 Å². The molecule has 1 saturated carbocycles. The van der Waals surface area contributed by atoms with Crippen LogP contribution in [0.3, 0.4) is 0 Å². The van der Waals surface area contributed by atoms with Gasteiger partial charge in [-0.05, 0) is 155 Å². The third-order valence-corrected chi connectivity index (χ3v) is 26.6. The molecule has 16 atom stereocenters. The van der Waals surface area contributed by atoms with E-state index in [0.29, 0.717) is 215 Å². The molecule has 2 amide bonds. The van der Waals surface area contributed by atoms with E-state index in [1.165, 1.54) is 18.3 Å². The molecule has 37 heteroatoms. The molecule has 7 aromatic rings. The minimum atomic E-state index is -2.48. The van der Waals surface area contributed by atoms with Crippen LogP contribution in [-0.4, -0.2) is 297 Å². The number of anilines is 3. The summed E-state index contributed by atoms with van der Waals surface area (Å²) in [5.74, 6) is -7.60. The number of rotatable bonds is 38. The van der Waals surface area contributed by atoms with Crippen LogP contribution >= 0.6 is 0 Å². The van der Waals surface area contributed by atoms with Crippen molar-refractivity contribution in [1.82, 2.24) is 64.8 Å². The number of hydrogen-bond donors (Lipinski definition) is 6. The zero-order valence-electron chi connectivity index (χ0n) is 80.4. The zero-order chi connectivity index (χ0) is 96.8. The summed E-state index contributed by atoms with van der Waals surface area (Å²) in [6.07, 6.45) is 19.9. The van der Waals surface area contributed by atoms with E-state index in [1.54, 1.807) is 56.5 Å². The molecule has 12 rings (SSSR count). The highest BCUT2D eigenvalue weighted by Crippen LogP contribution is 2.40. The average molecular weight is 1890 g/mol. The summed E-state index contributed by atoms with van der Waals surface area (Å²) in [5, 5.41) is 51.7. The van der Waals surface area contributed by atoms with Crippen LogP contribution in [0.15, 0.2) is 119 Å². The number of nitrogens with two attached hydrogens (primary N) is 2. The quantitative estimate of drug-likeness (QED) is 0.00908. The van der Waals surface area contributed by atoms with Crippen LogP contribution in [0.4, 0.5) is 17.8 Å². The Kier molecular flexibility index (Phi) is 40.1. The Morgan fingerprint density at radius 2 is 1.50 bits per heavy atom. The summed E-state index contributed by atoms with van der Waals surface area (Å²) in [5.41, 5.74) is 19.9. The Hall–Kier alpha value is -10.1. The highest BCUT2D eigenvalue weighted by molar-refractivity contribution is 6.39. The lowest BCUT2D eigenvalue weighted by Crippen LogP contribution is -2.61. The highest BCUT2D eigenvalue weighted by Gasteiger charge is 2.53. The van der Waals surface area contributed by atoms with Crippen molar-refractivity contribution in [2.24, 2.45) is 35.5 Å². The maximum absolute atomic E-state index is 14.9. The van der Waals surface area contributed by atoms with Crippen molar-refractivity contribution in [2.45, 2.75) is 232 Å². The number of nitrogens with zero attached hydrogens (tertiary/aromatic N) is 13. The second kappa shape index (κ2) is 52.1. The largest absolute Gasteiger partial charge is 0.460 e. The number of fused-ring (bicyclic) bond motifs is 5. The second-order valence-corrected chi connectivity index (χ2v) is 36.7. The van der Waals surface area contributed by atoms with Crippen LogP contribution in [0.5, 0.6) is 0 Å². The van der Waals surface area contributed by atoms with Gasteiger partial charge in [0, 0.05) is 134 Å². The van der Waals surface area contributed by atoms with E-state index in [1.807, 2.05) is 107 Å². The normalized spacial score (nSPS) is 26.9. The first kappa shape index (κ1) is 105. The number of carbonyl (C=O) groups is 6. The molecule has 2 aromatic carbocycles. The topological polar surface area (TPSA) is 465 Å². The summed E-state index contributed by atoms with van der Waals surface area (Å²) in [6.45, 7) is 20.7. The smallest absolute Gasteiger partial charge is 0.329 e. The Labute approximate surface area is 795 Å². The van der Waals surface area contributed by atoms with Gasteiger partial charge in [0.1, 0.15) is 53.5 Å². The van der Waals surface area contributed by atoms with Crippen LogP contribution in [0.25, 0.3) is 44.5 Å². The first-order valence-electron chi connectivity index (χ1n) is 48.0. The van der Waals surface area contributed by atoms with Crippen LogP contribution < -0.4 is 21.7 Å². The fourth-order valence-electron chi connectivity index (χ4n) is 18.6. The maximum atomic E-state index is 14.9. The summed E-state index contributed by atoms with van der Waals surface area (Å²) in [6, 6.07) is 12.2. The number of aliphatic hydroxyl groups excluding tert-OH is 2. The number of ether oxygens (including phenoxy) is 11. The number of carbonyl (C=O) groups excluding carboxylic acids is 6. The van der Waals surface area contributed by atoms with Crippen LogP contribution in [0.1, 0.15) is 156 Å². The number of aromatic nitrogens is 10. The van der Waals surface area contributed by atoms with E-state index in [4.69, 9.17) is 83.1 Å². The number of cyclic esters (lactones) is 1. The molecule has 1 unspecified atom stereocenters. The SMILES string of the molecule is CO[C@H]1C[C@@H]2CC[C@@H](C)[C@@](O)(O2)C(=O)C(=O)N2CCCC[C@H]2C(=O)O[C@H]([C@H](C)C[C@@H]2CC[C@@H](OCc3cccc(-c4cnc(N5CCN(Cc6cn(CCOCCOCCOCCOCCOCCC(=O)NCCCCn7nc(-c8ccc9oc(N)nc9c8)c8c(N)ncnc87)nn6)C(CO)C5)nc4)c3)[C@H](OC)C2)CC(=O)[C@H](C)/C=C(\C)[C@@H](O)[C@@H](OC)C(=O)[C@H](C)C[C@H](C)/C=C/C=C/C=C/1C. The van der Waals surface area contributed by atoms with Gasteiger partial charge in [-0.25, -0.2) is 34.1 Å². The van der Waals surface area contributed by atoms with Gasteiger partial charge in [0.15, 0.2) is 17.0 Å². The summed E-state index contributed by atoms with van der Waals surface area (Å²) in [4.78, 5) is 113. The second-order valence-electron chi connectivity index (χ2n) is 36.7. The number of amides is 2. The fraction of sp³-hybridized carbons (Fsp3) is 0.616. The number of ketones is 3. The molecule has 3 saturated heterocycles. The van der Waals surface area contributed by atoms with E-state index in [-0.39, 0.29) is 92.6 Å². The molecule has 0 spiro atoms. The first-order chi connectivity index (χ1) is 65.7. The standard InChI is InChI=1S/C99H140N16O21/c1-63-19-12-11-13-20-64(2)83(125-8)53-77-27-24-69(7)99(124,136-77)92(121)95(122)114-32-16-14-23-79(114)96(123)134-84(54-80(117)65(3)48-68(6)90(120)91(127-10)89(119)67(5)47-63)66(4)49-70-25-28-82(85(51-70)126-9)133-61-71-21-18-22-72(50-71)74-55-103-98(104-56-74)112-35-34-111(76(59-112)60-116)57-75-58-113(110-108-75)36-38-129-40-42-131-44-46-132-45-43-130-41-39-128-37-30-86(118)102-31-15-17-33-115-94-87(93(100)105-62-106-94)88(109-115)73-26-29-81-78(52-73)107-97(101)135-81/h11-13,18-22,26,29,48,50,52,55-56,58,62-63,65-67,69-70,76-77,79,82-85,90-91,116,120,124H,14-17,23-25,27-28,30-47,49,51,53-54,57,59-61H2,1-10H3,(H2,101,107)(H,102,118)(H2,100,105,106)/b13-11+,19-12+,64-20+,68-48+/t63-,65-,66-,67-,69-,70+,76?,77+,79+,82-,83+,84+,85-,90-,91+,99-/m1/s1. The number of aryl methyl sites for hydroxylation is 1. The number of nitrogens with one attached hydrogen (secondary N) is 1. The van der Waals surface area contributed by atoms with Crippen LogP contribution in [0.2, 0.25) is 0 Å². The maximum Gasteiger partial charge on any atom is 0.329 e. The number of methoxy groups -OCH3 is 3. The fourth-order valence-corrected chi connectivity index (χ4v) is 18.6. The minimum absolute atomic E-state index is 0.0146. The molecule has 1 aliphatic carbocycles. The predicted molar refractivity (Wildman–Crippen MR) is 507 cm³/mol. The Bertz CT molecular complexity index is 5160. The zero-order valence-corrected chi connectivity index (χ0v) is 80.4. The van der Waals surface area contributed by atoms with E-state index in [0.717, 1.165) is 52.8 Å². The van der Waals surface area contributed by atoms with Crippen molar-refractivity contribution in [3.8, 4) is 22.4 Å². The van der Waals surface area contributed by atoms with Gasteiger partial charge in [-0.3, -0.25) is 28.9 Å². The average Bonchev–Trinajstić information content (AvgIpc) is 1.70. The summed E-state index contributed by atoms with van der Waals surface area (Å²) < 4.78 is 74.5. The third kappa shape index (κ3) is 29.0. The number of Topliss-reactive ketones (excluding diaryl/α,β-unsaturated/α-hetero) is 3. The molecule has 2 bridgehead atoms. The molecule has 5 aromatic heterocycles. The van der Waals surface area contributed by atoms with E-state index in [9.17, 15) is 44.1 Å². The van der Waals surface area contributed by atoms with Gasteiger partial charge < -0.3 is 98.4 Å². The summed E-state index contributed by atoms with van der Waals surface area (Å²) >= 11 is 0. The molecular formula is C99H140N16O21. The number of oxazole rings is 1. The number of hydrogen-bond acceptors (Lipinski definition) is 33. The van der Waals surface area contributed by atoms with Crippen molar-refractivity contribution in [1.29, 1.82) is 0 Å². The lowest BCUT2D eigenvalue weighted by Gasteiger charge is -2.42. The molecule has 8 N–H and O–H groups in total. The van der Waals surface area contributed by atoms with Gasteiger partial charge in [0.2, 0.25) is 17.6 Å². The van der Waals surface area contributed by atoms with Gasteiger partial charge in [-0.1, -0.05) is 94.5 Å². The Morgan fingerprint density at radius 3 is 2.24 bits per heavy atom. The predicted octanol–water partition coefficient (Wildman–Crippen LogP) is 9.32. The third-order valence-electron chi connectivity index (χ3n) is 26.6. The van der Waals surface area contributed by atoms with Crippen LogP contribution in [-0.2, 0) is 107 Å². The van der Waals surface area contributed by atoms with Crippen molar-refractivity contribution in [2.75, 3.05) is 143 Å². The monoisotopic (exact) mass is 1890 g/mol. The number of aliphatic hydroxyl groups is 3. The molecular weight excluding hydrogens is 1750 g/mol. The lowest BCUT2D eigenvalue weighted by molar-refractivity contribution is -0.265. The van der Waals surface area contributed by atoms with Crippen molar-refractivity contribution in [3.63, 3.8) is 0 Å². The molecule has 136 heavy (non-hydrogen) atoms. The summed E-state index contributed by atoms with van der Waals surface area (Å²) in [7, 11) is 4.63. The van der Waals surface area contributed by atoms with Crippen molar-refractivity contribution < 1.29 is 101 Å². The molecule has 742 valence electrons. The Morgan fingerprint density at radius 1 is 0.750 bits per heavy atom. The van der Waals surface area contributed by atoms with Crippen molar-refractivity contribution in [3.05, 3.63) is 126 Å². The number of piperidine rings is 1. The highest BCUT2D eigenvalue weighted by atomic mass is 16.6. The molecule has 4 fully saturated rings. The number of nitrogen functional groups attached to an aromatic ring is 2. The van der Waals surface area contributed by atoms with Crippen LogP contribution in [0, 0.1) is 35.5 Å². The van der Waals surface area contributed by atoms with Crippen molar-refractivity contribution >= 4 is 75.0 Å². The molecule has 4 aliphatic heterocycles. The molecule has 5 aliphatic rings. The molecule has 0 radical (unpaired) electrons. The lowest BCUT2D eigenvalue weighted by atomic mass is 9.78. The number of benzene rings is 2. The van der Waals surface area contributed by atoms with E-state index in [2.05, 4.69) is 46.4 Å². The van der Waals surface area contributed by atoms with Gasteiger partial charge in [-0.15, -0.1) is 5.10 Å². The van der Waals surface area contributed by atoms with Gasteiger partial charge in [0.05, 0.1) is 127 Å². The van der Waals surface area contributed by atoms with E-state index >= 15 is 0 Å². The van der Waals surface area contributed by atoms with Gasteiger partial charge in [0.25, 0.3) is 17.7 Å². The first-order valence-corrected chi connectivity index (χ1v) is 48.0. The number of unbranched alkanes of at least 4 members (excludes halogenated alkanes) is 1. The van der Waals surface area contributed by atoms with Gasteiger partial charge >= 0.3 is 5.97 Å². The molecule has 37 nitrogen and oxygen atoms in total. The minimum Gasteiger partial charge on any atom is -0.460 e. The van der Waals surface area contributed by atoms with Gasteiger partial charge in [-0.2, -0.15) is 10.1 Å².